The lowest BCUT2D eigenvalue weighted by molar-refractivity contribution is 0.251. The second-order valence-electron chi connectivity index (χ2n) is 5.28. The number of amides is 2. The maximum absolute atomic E-state index is 11.8. The minimum atomic E-state index is -3.05. The first-order chi connectivity index (χ1) is 11.4. The SMILES string of the molecule is COc1ccc(NC(=O)NCc2ccc(CS(C)(=O)=O)cc2)cn1. The Labute approximate surface area is 141 Å². The number of carbonyl (C=O) groups excluding carboxylic acids is 1. The summed E-state index contributed by atoms with van der Waals surface area (Å²) in [4.78, 5) is 15.8. The van der Waals surface area contributed by atoms with Crippen LogP contribution < -0.4 is 15.4 Å². The fraction of sp³-hybridized carbons (Fsp3) is 0.250. The van der Waals surface area contributed by atoms with Crippen molar-refractivity contribution in [2.45, 2.75) is 12.3 Å². The van der Waals surface area contributed by atoms with Crippen molar-refractivity contribution < 1.29 is 17.9 Å². The lowest BCUT2D eigenvalue weighted by Crippen LogP contribution is -2.28. The molecule has 2 N–H and O–H groups in total. The molecular formula is C16H19N3O4S. The number of anilines is 1. The van der Waals surface area contributed by atoms with Gasteiger partial charge in [-0.05, 0) is 17.2 Å². The Hall–Kier alpha value is -2.61. The smallest absolute Gasteiger partial charge is 0.319 e. The van der Waals surface area contributed by atoms with E-state index in [0.29, 0.717) is 18.1 Å². The summed E-state index contributed by atoms with van der Waals surface area (Å²) >= 11 is 0. The fourth-order valence-corrected chi connectivity index (χ4v) is 2.79. The minimum absolute atomic E-state index is 0.00562. The first-order valence-corrected chi connectivity index (χ1v) is 9.22. The van der Waals surface area contributed by atoms with E-state index in [1.54, 1.807) is 36.4 Å². The molecule has 0 fully saturated rings. The van der Waals surface area contributed by atoms with Gasteiger partial charge in [0.05, 0.1) is 24.7 Å². The van der Waals surface area contributed by atoms with Gasteiger partial charge < -0.3 is 15.4 Å². The van der Waals surface area contributed by atoms with Crippen molar-refractivity contribution in [1.82, 2.24) is 10.3 Å². The van der Waals surface area contributed by atoms with Crippen molar-refractivity contribution in [2.75, 3.05) is 18.7 Å². The number of pyridine rings is 1. The number of urea groups is 1. The van der Waals surface area contributed by atoms with Gasteiger partial charge in [0.2, 0.25) is 5.88 Å². The molecule has 0 unspecified atom stereocenters. The first kappa shape index (κ1) is 17.7. The van der Waals surface area contributed by atoms with Crippen molar-refractivity contribution in [1.29, 1.82) is 0 Å². The molecule has 1 heterocycles. The zero-order chi connectivity index (χ0) is 17.6. The lowest BCUT2D eigenvalue weighted by atomic mass is 10.1. The molecule has 0 radical (unpaired) electrons. The standard InChI is InChI=1S/C16H19N3O4S/c1-23-15-8-7-14(10-17-15)19-16(20)18-9-12-3-5-13(6-4-12)11-24(2,21)22/h3-8,10H,9,11H2,1-2H3,(H2,18,19,20). The molecular weight excluding hydrogens is 330 g/mol. The van der Waals surface area contributed by atoms with Gasteiger partial charge in [0.1, 0.15) is 0 Å². The molecule has 2 amide bonds. The fourth-order valence-electron chi connectivity index (χ4n) is 1.99. The van der Waals surface area contributed by atoms with E-state index in [-0.39, 0.29) is 11.8 Å². The van der Waals surface area contributed by atoms with Crippen LogP contribution in [-0.2, 0) is 22.1 Å². The third-order valence-corrected chi connectivity index (χ3v) is 3.97. The number of nitrogens with zero attached hydrogens (tertiary/aromatic N) is 1. The van der Waals surface area contributed by atoms with Crippen molar-refractivity contribution in [3.05, 3.63) is 53.7 Å². The van der Waals surface area contributed by atoms with Crippen LogP contribution >= 0.6 is 0 Å². The molecule has 0 aliphatic carbocycles. The number of aromatic nitrogens is 1. The second-order valence-corrected chi connectivity index (χ2v) is 7.42. The third kappa shape index (κ3) is 5.88. The molecule has 24 heavy (non-hydrogen) atoms. The second kappa shape index (κ2) is 7.78. The van der Waals surface area contributed by atoms with Crippen LogP contribution in [0.4, 0.5) is 10.5 Å². The van der Waals surface area contributed by atoms with E-state index in [0.717, 1.165) is 11.1 Å². The highest BCUT2D eigenvalue weighted by atomic mass is 32.2. The molecule has 7 nitrogen and oxygen atoms in total. The highest BCUT2D eigenvalue weighted by Crippen LogP contribution is 2.11. The Morgan fingerprint density at radius 1 is 1.12 bits per heavy atom. The van der Waals surface area contributed by atoms with Crippen LogP contribution in [0.5, 0.6) is 5.88 Å². The third-order valence-electron chi connectivity index (χ3n) is 3.11. The van der Waals surface area contributed by atoms with Gasteiger partial charge in [0.25, 0.3) is 0 Å². The summed E-state index contributed by atoms with van der Waals surface area (Å²) in [6, 6.07) is 10.0. The average Bonchev–Trinajstić information content (AvgIpc) is 2.53. The van der Waals surface area contributed by atoms with Crippen LogP contribution in [0.2, 0.25) is 0 Å². The topological polar surface area (TPSA) is 97.4 Å². The number of rotatable bonds is 6. The zero-order valence-electron chi connectivity index (χ0n) is 13.4. The van der Waals surface area contributed by atoms with E-state index >= 15 is 0 Å². The van der Waals surface area contributed by atoms with Gasteiger partial charge in [-0.25, -0.2) is 18.2 Å². The molecule has 0 spiro atoms. The summed E-state index contributed by atoms with van der Waals surface area (Å²) in [6.07, 6.45) is 2.69. The molecule has 2 aromatic rings. The molecule has 128 valence electrons. The largest absolute Gasteiger partial charge is 0.481 e. The van der Waals surface area contributed by atoms with E-state index in [4.69, 9.17) is 4.74 Å². The monoisotopic (exact) mass is 349 g/mol. The summed E-state index contributed by atoms with van der Waals surface area (Å²) < 4.78 is 27.4. The predicted octanol–water partition coefficient (Wildman–Crippen LogP) is 1.96. The Balaban J connectivity index is 1.84. The van der Waals surface area contributed by atoms with Gasteiger partial charge in [-0.15, -0.1) is 0 Å². The molecule has 2 rings (SSSR count). The van der Waals surface area contributed by atoms with Crippen LogP contribution in [0.25, 0.3) is 0 Å². The van der Waals surface area contributed by atoms with Crippen LogP contribution in [-0.4, -0.2) is 32.8 Å². The number of ether oxygens (including phenoxy) is 1. The Bertz CT molecular complexity index is 787. The summed E-state index contributed by atoms with van der Waals surface area (Å²) in [5.41, 5.74) is 2.14. The van der Waals surface area contributed by atoms with Gasteiger partial charge in [-0.2, -0.15) is 0 Å². The van der Waals surface area contributed by atoms with Crippen LogP contribution in [0.3, 0.4) is 0 Å². The van der Waals surface area contributed by atoms with Crippen molar-refractivity contribution >= 4 is 21.6 Å². The average molecular weight is 349 g/mol. The molecule has 0 aliphatic heterocycles. The van der Waals surface area contributed by atoms with Gasteiger partial charge in [0.15, 0.2) is 9.84 Å². The van der Waals surface area contributed by atoms with Gasteiger partial charge >= 0.3 is 6.03 Å². The van der Waals surface area contributed by atoms with E-state index < -0.39 is 9.84 Å². The highest BCUT2D eigenvalue weighted by molar-refractivity contribution is 7.89. The summed E-state index contributed by atoms with van der Waals surface area (Å²) in [7, 11) is -1.53. The number of carbonyl (C=O) groups is 1. The molecule has 1 aromatic carbocycles. The number of nitrogens with one attached hydrogen (secondary N) is 2. The first-order valence-electron chi connectivity index (χ1n) is 7.16. The Kier molecular flexibility index (Phi) is 5.75. The molecule has 0 aliphatic rings. The predicted molar refractivity (Wildman–Crippen MR) is 91.6 cm³/mol. The number of benzene rings is 1. The molecule has 1 aromatic heterocycles. The van der Waals surface area contributed by atoms with E-state index in [1.807, 2.05) is 0 Å². The molecule has 8 heteroatoms. The Morgan fingerprint density at radius 2 is 1.79 bits per heavy atom. The lowest BCUT2D eigenvalue weighted by Gasteiger charge is -2.08. The quantitative estimate of drug-likeness (QED) is 0.831. The van der Waals surface area contributed by atoms with Crippen molar-refractivity contribution in [3.8, 4) is 5.88 Å². The molecule has 0 atom stereocenters. The summed E-state index contributed by atoms with van der Waals surface area (Å²) in [5.74, 6) is 0.473. The van der Waals surface area contributed by atoms with Crippen molar-refractivity contribution in [2.24, 2.45) is 0 Å². The summed E-state index contributed by atoms with van der Waals surface area (Å²) in [6.45, 7) is 0.328. The van der Waals surface area contributed by atoms with E-state index in [2.05, 4.69) is 15.6 Å². The van der Waals surface area contributed by atoms with E-state index in [9.17, 15) is 13.2 Å². The normalized spacial score (nSPS) is 10.9. The number of hydrogen-bond donors (Lipinski definition) is 2. The number of sulfone groups is 1. The van der Waals surface area contributed by atoms with Crippen LogP contribution in [0.15, 0.2) is 42.6 Å². The number of hydrogen-bond acceptors (Lipinski definition) is 5. The molecule has 0 saturated carbocycles. The van der Waals surface area contributed by atoms with Gasteiger partial charge in [0, 0.05) is 18.9 Å². The van der Waals surface area contributed by atoms with Gasteiger partial charge in [-0.1, -0.05) is 24.3 Å². The zero-order valence-corrected chi connectivity index (χ0v) is 14.3. The van der Waals surface area contributed by atoms with Gasteiger partial charge in [-0.3, -0.25) is 0 Å². The van der Waals surface area contributed by atoms with Crippen LogP contribution in [0.1, 0.15) is 11.1 Å². The number of methoxy groups -OCH3 is 1. The summed E-state index contributed by atoms with van der Waals surface area (Å²) in [5, 5.41) is 5.37. The molecule has 0 saturated heterocycles. The van der Waals surface area contributed by atoms with Crippen LogP contribution in [0, 0.1) is 0 Å². The van der Waals surface area contributed by atoms with Crippen molar-refractivity contribution in [3.63, 3.8) is 0 Å². The highest BCUT2D eigenvalue weighted by Gasteiger charge is 2.05. The maximum Gasteiger partial charge on any atom is 0.319 e. The van der Waals surface area contributed by atoms with E-state index in [1.165, 1.54) is 19.6 Å². The Morgan fingerprint density at radius 3 is 2.33 bits per heavy atom. The molecule has 0 bridgehead atoms. The maximum atomic E-state index is 11.8. The minimum Gasteiger partial charge on any atom is -0.481 e.